The molecular formula is C14H16N2O5S. The number of aromatic nitrogens is 1. The Labute approximate surface area is 128 Å². The quantitative estimate of drug-likeness (QED) is 0.900. The lowest BCUT2D eigenvalue weighted by Gasteiger charge is -2.12. The van der Waals surface area contributed by atoms with Crippen molar-refractivity contribution in [1.82, 2.24) is 5.16 Å². The van der Waals surface area contributed by atoms with Crippen LogP contribution in [0.5, 0.6) is 5.75 Å². The number of sulfone groups is 1. The minimum absolute atomic E-state index is 0.0193. The molecule has 0 aliphatic carbocycles. The number of rotatable bonds is 5. The van der Waals surface area contributed by atoms with Gasteiger partial charge in [0.1, 0.15) is 16.8 Å². The van der Waals surface area contributed by atoms with Gasteiger partial charge < -0.3 is 14.6 Å². The van der Waals surface area contributed by atoms with Crippen LogP contribution in [-0.4, -0.2) is 31.8 Å². The van der Waals surface area contributed by atoms with Gasteiger partial charge in [0.25, 0.3) is 0 Å². The van der Waals surface area contributed by atoms with E-state index >= 15 is 0 Å². The van der Waals surface area contributed by atoms with E-state index in [1.165, 1.54) is 32.2 Å². The predicted octanol–water partition coefficient (Wildman–Crippen LogP) is 1.79. The molecule has 2 aromatic rings. The van der Waals surface area contributed by atoms with Gasteiger partial charge in [-0.1, -0.05) is 11.2 Å². The maximum Gasteiger partial charge on any atom is 0.244 e. The average molecular weight is 324 g/mol. The first-order chi connectivity index (χ1) is 10.3. The van der Waals surface area contributed by atoms with Gasteiger partial charge in [0.15, 0.2) is 15.7 Å². The Morgan fingerprint density at radius 1 is 1.36 bits per heavy atom. The van der Waals surface area contributed by atoms with Crippen molar-refractivity contribution >= 4 is 21.6 Å². The number of carbonyl (C=O) groups is 1. The Morgan fingerprint density at radius 3 is 2.68 bits per heavy atom. The van der Waals surface area contributed by atoms with Crippen LogP contribution in [0.1, 0.15) is 12.7 Å². The highest BCUT2D eigenvalue weighted by atomic mass is 32.2. The second kappa shape index (κ2) is 6.18. The summed E-state index contributed by atoms with van der Waals surface area (Å²) >= 11 is 0. The summed E-state index contributed by atoms with van der Waals surface area (Å²) in [5.74, 6) is 0.408. The SMILES string of the molecule is COc1cccc(S(=O)(=O)[C@H](C)C(=O)Nc2cc(C)on2)c1. The van der Waals surface area contributed by atoms with Crippen LogP contribution in [0.2, 0.25) is 0 Å². The van der Waals surface area contributed by atoms with E-state index in [2.05, 4.69) is 10.5 Å². The van der Waals surface area contributed by atoms with Crippen molar-refractivity contribution in [3.63, 3.8) is 0 Å². The second-order valence-corrected chi connectivity index (χ2v) is 6.95. The molecule has 0 radical (unpaired) electrons. The summed E-state index contributed by atoms with van der Waals surface area (Å²) in [5.41, 5.74) is 0. The Morgan fingerprint density at radius 2 is 2.09 bits per heavy atom. The molecule has 0 saturated carbocycles. The van der Waals surface area contributed by atoms with Crippen LogP contribution in [0.25, 0.3) is 0 Å². The van der Waals surface area contributed by atoms with Crippen molar-refractivity contribution in [2.24, 2.45) is 0 Å². The zero-order valence-corrected chi connectivity index (χ0v) is 13.2. The molecule has 2 rings (SSSR count). The fraction of sp³-hybridized carbons (Fsp3) is 0.286. The van der Waals surface area contributed by atoms with Crippen LogP contribution < -0.4 is 10.1 Å². The molecule has 0 aliphatic heterocycles. The Bertz CT molecular complexity index is 782. The smallest absolute Gasteiger partial charge is 0.244 e. The van der Waals surface area contributed by atoms with E-state index in [0.717, 1.165) is 0 Å². The lowest BCUT2D eigenvalue weighted by atomic mass is 10.3. The third-order valence-corrected chi connectivity index (χ3v) is 5.14. The number of carbonyl (C=O) groups excluding carboxylic acids is 1. The number of methoxy groups -OCH3 is 1. The molecule has 22 heavy (non-hydrogen) atoms. The first kappa shape index (κ1) is 16.0. The summed E-state index contributed by atoms with van der Waals surface area (Å²) in [4.78, 5) is 12.1. The molecule has 7 nitrogen and oxygen atoms in total. The van der Waals surface area contributed by atoms with Crippen LogP contribution in [0.3, 0.4) is 0 Å². The largest absolute Gasteiger partial charge is 0.497 e. The lowest BCUT2D eigenvalue weighted by molar-refractivity contribution is -0.115. The van der Waals surface area contributed by atoms with Crippen molar-refractivity contribution in [2.45, 2.75) is 24.0 Å². The number of aryl methyl sites for hydroxylation is 1. The number of hydrogen-bond acceptors (Lipinski definition) is 6. The van der Waals surface area contributed by atoms with Crippen LogP contribution in [0, 0.1) is 6.92 Å². The number of anilines is 1. The van der Waals surface area contributed by atoms with Crippen molar-refractivity contribution in [2.75, 3.05) is 12.4 Å². The van der Waals surface area contributed by atoms with Crippen LogP contribution >= 0.6 is 0 Å². The van der Waals surface area contributed by atoms with Gasteiger partial charge in [-0.3, -0.25) is 4.79 Å². The van der Waals surface area contributed by atoms with Gasteiger partial charge in [-0.05, 0) is 32.0 Å². The predicted molar refractivity (Wildman–Crippen MR) is 79.5 cm³/mol. The van der Waals surface area contributed by atoms with Gasteiger partial charge in [-0.15, -0.1) is 0 Å². The highest BCUT2D eigenvalue weighted by Gasteiger charge is 2.30. The van der Waals surface area contributed by atoms with E-state index in [1.807, 2.05) is 0 Å². The first-order valence-electron chi connectivity index (χ1n) is 6.46. The zero-order valence-electron chi connectivity index (χ0n) is 12.4. The topological polar surface area (TPSA) is 98.5 Å². The Kier molecular flexibility index (Phi) is 4.51. The normalized spacial score (nSPS) is 12.7. The van der Waals surface area contributed by atoms with E-state index in [4.69, 9.17) is 9.26 Å². The van der Waals surface area contributed by atoms with Gasteiger partial charge in [0.2, 0.25) is 5.91 Å². The Hall–Kier alpha value is -2.35. The maximum absolute atomic E-state index is 12.5. The Balaban J connectivity index is 2.22. The second-order valence-electron chi connectivity index (χ2n) is 4.68. The molecule has 0 unspecified atom stereocenters. The summed E-state index contributed by atoms with van der Waals surface area (Å²) in [6.45, 7) is 2.98. The summed E-state index contributed by atoms with van der Waals surface area (Å²) in [6.07, 6.45) is 0. The van der Waals surface area contributed by atoms with E-state index < -0.39 is 21.0 Å². The van der Waals surface area contributed by atoms with Gasteiger partial charge in [0, 0.05) is 6.07 Å². The van der Waals surface area contributed by atoms with E-state index in [9.17, 15) is 13.2 Å². The van der Waals surface area contributed by atoms with Crippen LogP contribution in [0.4, 0.5) is 5.82 Å². The maximum atomic E-state index is 12.5. The van der Waals surface area contributed by atoms with Gasteiger partial charge in [-0.2, -0.15) is 0 Å². The third-order valence-electron chi connectivity index (χ3n) is 3.08. The van der Waals surface area contributed by atoms with Crippen LogP contribution in [-0.2, 0) is 14.6 Å². The summed E-state index contributed by atoms with van der Waals surface area (Å²) in [5, 5.41) is 4.73. The average Bonchev–Trinajstić information content (AvgIpc) is 2.91. The number of ether oxygens (including phenoxy) is 1. The number of nitrogens with one attached hydrogen (secondary N) is 1. The van der Waals surface area contributed by atoms with Crippen molar-refractivity contribution in [3.8, 4) is 5.75 Å². The molecule has 0 bridgehead atoms. The fourth-order valence-corrected chi connectivity index (χ4v) is 3.07. The molecule has 1 aromatic heterocycles. The highest BCUT2D eigenvalue weighted by molar-refractivity contribution is 7.92. The standard InChI is InChI=1S/C14H16N2O5S/c1-9-7-13(16-21-9)15-14(17)10(2)22(18,19)12-6-4-5-11(8-12)20-3/h4-8,10H,1-3H3,(H,15,16,17)/t10-/m1/s1. The summed E-state index contributed by atoms with van der Waals surface area (Å²) in [7, 11) is -2.40. The molecule has 0 spiro atoms. The molecule has 118 valence electrons. The monoisotopic (exact) mass is 324 g/mol. The zero-order chi connectivity index (χ0) is 16.3. The molecule has 0 aliphatic rings. The third kappa shape index (κ3) is 3.28. The van der Waals surface area contributed by atoms with Crippen molar-refractivity contribution in [3.05, 3.63) is 36.1 Å². The van der Waals surface area contributed by atoms with Gasteiger partial charge in [0.05, 0.1) is 12.0 Å². The molecule has 1 aromatic carbocycles. The fourth-order valence-electron chi connectivity index (χ4n) is 1.78. The number of benzene rings is 1. The van der Waals surface area contributed by atoms with Crippen LogP contribution in [0.15, 0.2) is 39.8 Å². The van der Waals surface area contributed by atoms with Gasteiger partial charge >= 0.3 is 0 Å². The van der Waals surface area contributed by atoms with Crippen molar-refractivity contribution in [1.29, 1.82) is 0 Å². The number of hydrogen-bond donors (Lipinski definition) is 1. The summed E-state index contributed by atoms with van der Waals surface area (Å²) < 4.78 is 34.8. The molecule has 0 saturated heterocycles. The minimum Gasteiger partial charge on any atom is -0.497 e. The van der Waals surface area contributed by atoms with E-state index in [-0.39, 0.29) is 10.7 Å². The lowest BCUT2D eigenvalue weighted by Crippen LogP contribution is -2.32. The highest BCUT2D eigenvalue weighted by Crippen LogP contribution is 2.22. The molecule has 1 amide bonds. The van der Waals surface area contributed by atoms with Gasteiger partial charge in [-0.25, -0.2) is 8.42 Å². The minimum atomic E-state index is -3.83. The molecule has 1 N–H and O–H groups in total. The molecule has 0 fully saturated rings. The first-order valence-corrected chi connectivity index (χ1v) is 8.01. The number of amides is 1. The molecule has 8 heteroatoms. The molecular weight excluding hydrogens is 308 g/mol. The number of nitrogens with zero attached hydrogens (tertiary/aromatic N) is 1. The summed E-state index contributed by atoms with van der Waals surface area (Å²) in [6, 6.07) is 7.48. The molecule has 1 heterocycles. The van der Waals surface area contributed by atoms with Crippen molar-refractivity contribution < 1.29 is 22.5 Å². The van der Waals surface area contributed by atoms with E-state index in [1.54, 1.807) is 19.1 Å². The molecule has 1 atom stereocenters. The van der Waals surface area contributed by atoms with E-state index in [0.29, 0.717) is 11.5 Å².